The molecule has 170 valence electrons. The fourth-order valence-electron chi connectivity index (χ4n) is 5.36. The molecule has 0 N–H and O–H groups in total. The molecule has 2 atom stereocenters. The van der Waals surface area contributed by atoms with Crippen LogP contribution in [0, 0.1) is 11.3 Å². The maximum absolute atomic E-state index is 13.7. The fourth-order valence-corrected chi connectivity index (χ4v) is 5.36. The number of piperidine rings is 1. The molecular weight excluding hydrogens is 409 g/mol. The van der Waals surface area contributed by atoms with Gasteiger partial charge in [-0.2, -0.15) is 13.2 Å². The van der Waals surface area contributed by atoms with Crippen LogP contribution in [0.1, 0.15) is 63.5 Å². The molecule has 8 heteroatoms. The van der Waals surface area contributed by atoms with E-state index in [-0.39, 0.29) is 37.0 Å². The van der Waals surface area contributed by atoms with E-state index in [9.17, 15) is 22.8 Å². The van der Waals surface area contributed by atoms with Crippen LogP contribution in [-0.2, 0) is 22.3 Å². The van der Waals surface area contributed by atoms with Gasteiger partial charge in [0.15, 0.2) is 6.73 Å². The summed E-state index contributed by atoms with van der Waals surface area (Å²) in [5.74, 6) is 0.516. The Kier molecular flexibility index (Phi) is 5.68. The summed E-state index contributed by atoms with van der Waals surface area (Å²) in [6.07, 6.45) is 0.0751. The Morgan fingerprint density at radius 3 is 2.71 bits per heavy atom. The van der Waals surface area contributed by atoms with E-state index in [1.807, 2.05) is 18.7 Å². The molecule has 0 aromatic heterocycles. The highest BCUT2D eigenvalue weighted by Gasteiger charge is 2.51. The Morgan fingerprint density at radius 2 is 2.03 bits per heavy atom. The highest BCUT2D eigenvalue weighted by Crippen LogP contribution is 2.48. The average Bonchev–Trinajstić information content (AvgIpc) is 3.18. The molecule has 1 saturated carbocycles. The number of hydrogen-bond donors (Lipinski definition) is 0. The summed E-state index contributed by atoms with van der Waals surface area (Å²) in [4.78, 5) is 29.6. The van der Waals surface area contributed by atoms with E-state index in [2.05, 4.69) is 0 Å². The van der Waals surface area contributed by atoms with Crippen molar-refractivity contribution in [2.75, 3.05) is 13.3 Å². The lowest BCUT2D eigenvalue weighted by atomic mass is 9.74. The molecule has 3 aliphatic rings. The minimum absolute atomic E-state index is 0.0268. The molecule has 1 aromatic rings. The molecule has 31 heavy (non-hydrogen) atoms. The fraction of sp³-hybridized carbons (Fsp3) is 0.652. The predicted octanol–water partition coefficient (Wildman–Crippen LogP) is 4.59. The number of nitrogens with zero attached hydrogens (tertiary/aromatic N) is 2. The van der Waals surface area contributed by atoms with E-state index >= 15 is 0 Å². The SMILES string of the molecule is CC(C)[C@]1(C(=O)N2COc3ccc(C(F)(F)F)cc3C2)CC[C@@H](N2CCCCC2=O)C1. The quantitative estimate of drug-likeness (QED) is 0.694. The number of carbonyl (C=O) groups excluding carboxylic acids is 2. The topological polar surface area (TPSA) is 49.9 Å². The van der Waals surface area contributed by atoms with Crippen molar-refractivity contribution in [1.82, 2.24) is 9.80 Å². The lowest BCUT2D eigenvalue weighted by molar-refractivity contribution is -0.150. The van der Waals surface area contributed by atoms with Crippen molar-refractivity contribution >= 4 is 11.8 Å². The minimum Gasteiger partial charge on any atom is -0.473 e. The molecular formula is C23H29F3N2O3. The first-order valence-corrected chi connectivity index (χ1v) is 11.0. The van der Waals surface area contributed by atoms with Crippen LogP contribution in [0.2, 0.25) is 0 Å². The number of benzene rings is 1. The van der Waals surface area contributed by atoms with Crippen LogP contribution in [0.15, 0.2) is 18.2 Å². The normalized spacial score (nSPS) is 26.8. The van der Waals surface area contributed by atoms with Gasteiger partial charge in [-0.15, -0.1) is 0 Å². The van der Waals surface area contributed by atoms with Crippen molar-refractivity contribution in [1.29, 1.82) is 0 Å². The Hall–Kier alpha value is -2.25. The summed E-state index contributed by atoms with van der Waals surface area (Å²) in [5.41, 5.74) is -1.01. The van der Waals surface area contributed by atoms with Gasteiger partial charge in [0, 0.05) is 24.6 Å². The second kappa shape index (κ2) is 8.02. The molecule has 2 fully saturated rings. The van der Waals surface area contributed by atoms with Crippen molar-refractivity contribution in [3.05, 3.63) is 29.3 Å². The molecule has 1 aliphatic carbocycles. The van der Waals surface area contributed by atoms with Crippen LogP contribution in [0.4, 0.5) is 13.2 Å². The lowest BCUT2D eigenvalue weighted by Crippen LogP contribution is -2.49. The highest BCUT2D eigenvalue weighted by atomic mass is 19.4. The van der Waals surface area contributed by atoms with Crippen molar-refractivity contribution in [2.45, 2.75) is 71.1 Å². The first-order chi connectivity index (χ1) is 14.6. The first-order valence-electron chi connectivity index (χ1n) is 11.0. The molecule has 0 radical (unpaired) electrons. The van der Waals surface area contributed by atoms with Gasteiger partial charge in [-0.3, -0.25) is 9.59 Å². The molecule has 1 aromatic carbocycles. The van der Waals surface area contributed by atoms with Crippen molar-refractivity contribution < 1.29 is 27.5 Å². The third kappa shape index (κ3) is 4.01. The minimum atomic E-state index is -4.44. The molecule has 0 bridgehead atoms. The number of halogens is 3. The Balaban J connectivity index is 1.54. The van der Waals surface area contributed by atoms with Gasteiger partial charge < -0.3 is 14.5 Å². The smallest absolute Gasteiger partial charge is 0.416 e. The number of hydrogen-bond acceptors (Lipinski definition) is 3. The monoisotopic (exact) mass is 438 g/mol. The first kappa shape index (κ1) is 22.0. The van der Waals surface area contributed by atoms with Crippen molar-refractivity contribution in [3.8, 4) is 5.75 Å². The molecule has 1 saturated heterocycles. The predicted molar refractivity (Wildman–Crippen MR) is 108 cm³/mol. The maximum Gasteiger partial charge on any atom is 0.416 e. The summed E-state index contributed by atoms with van der Waals surface area (Å²) in [7, 11) is 0. The van der Waals surface area contributed by atoms with Gasteiger partial charge in [-0.1, -0.05) is 13.8 Å². The van der Waals surface area contributed by atoms with Crippen LogP contribution in [-0.4, -0.2) is 40.9 Å². The van der Waals surface area contributed by atoms with Crippen LogP contribution in [0.3, 0.4) is 0 Å². The Morgan fingerprint density at radius 1 is 1.26 bits per heavy atom. The number of alkyl halides is 3. The lowest BCUT2D eigenvalue weighted by Gasteiger charge is -2.40. The number of likely N-dealkylation sites (tertiary alicyclic amines) is 1. The zero-order chi connectivity index (χ0) is 22.4. The highest BCUT2D eigenvalue weighted by molar-refractivity contribution is 5.84. The number of rotatable bonds is 3. The molecule has 2 amide bonds. The standard InChI is InChI=1S/C23H29F3N2O3/c1-15(2)22(9-8-18(12-22)28-10-4-3-5-20(28)29)21(30)27-13-16-11-17(23(24,25)26)6-7-19(16)31-14-27/h6-7,11,15,18H,3-5,8-10,12-14H2,1-2H3/t18-,22+/m1/s1. The maximum atomic E-state index is 13.7. The van der Waals surface area contributed by atoms with Gasteiger partial charge in [0.1, 0.15) is 5.75 Å². The van der Waals surface area contributed by atoms with Crippen LogP contribution in [0.25, 0.3) is 0 Å². The van der Waals surface area contributed by atoms with Crippen molar-refractivity contribution in [2.24, 2.45) is 11.3 Å². The number of ether oxygens (including phenoxy) is 1. The van der Waals surface area contributed by atoms with E-state index in [1.165, 1.54) is 11.0 Å². The molecule has 4 rings (SSSR count). The summed E-state index contributed by atoms with van der Waals surface area (Å²) < 4.78 is 45.0. The average molecular weight is 438 g/mol. The van der Waals surface area contributed by atoms with E-state index in [1.54, 1.807) is 0 Å². The second-order valence-electron chi connectivity index (χ2n) is 9.35. The zero-order valence-electron chi connectivity index (χ0n) is 18.0. The summed E-state index contributed by atoms with van der Waals surface area (Å²) in [6.45, 7) is 4.89. The van der Waals surface area contributed by atoms with Crippen molar-refractivity contribution in [3.63, 3.8) is 0 Å². The van der Waals surface area contributed by atoms with Gasteiger partial charge in [0.25, 0.3) is 0 Å². The van der Waals surface area contributed by atoms with Gasteiger partial charge in [0.2, 0.25) is 11.8 Å². The van der Waals surface area contributed by atoms with Crippen LogP contribution >= 0.6 is 0 Å². The van der Waals surface area contributed by atoms with Gasteiger partial charge in [0.05, 0.1) is 17.5 Å². The Bertz CT molecular complexity index is 870. The molecule has 5 nitrogen and oxygen atoms in total. The zero-order valence-corrected chi connectivity index (χ0v) is 18.0. The number of carbonyl (C=O) groups is 2. The number of fused-ring (bicyclic) bond motifs is 1. The third-order valence-electron chi connectivity index (χ3n) is 7.27. The van der Waals surface area contributed by atoms with E-state index in [0.29, 0.717) is 30.6 Å². The largest absolute Gasteiger partial charge is 0.473 e. The van der Waals surface area contributed by atoms with Gasteiger partial charge >= 0.3 is 6.18 Å². The summed E-state index contributed by atoms with van der Waals surface area (Å²) >= 11 is 0. The van der Waals surface area contributed by atoms with E-state index < -0.39 is 17.2 Å². The van der Waals surface area contributed by atoms with Gasteiger partial charge in [-0.25, -0.2) is 0 Å². The van der Waals surface area contributed by atoms with E-state index in [0.717, 1.165) is 37.9 Å². The van der Waals surface area contributed by atoms with Crippen LogP contribution < -0.4 is 4.74 Å². The molecule has 2 heterocycles. The van der Waals surface area contributed by atoms with Gasteiger partial charge in [-0.05, 0) is 56.2 Å². The molecule has 0 spiro atoms. The number of amides is 2. The molecule has 0 unspecified atom stereocenters. The summed E-state index contributed by atoms with van der Waals surface area (Å²) in [6, 6.07) is 3.45. The van der Waals surface area contributed by atoms with Crippen LogP contribution in [0.5, 0.6) is 5.75 Å². The molecule has 2 aliphatic heterocycles. The Labute approximate surface area is 180 Å². The summed E-state index contributed by atoms with van der Waals surface area (Å²) in [5, 5.41) is 0. The third-order valence-corrected chi connectivity index (χ3v) is 7.27. The second-order valence-corrected chi connectivity index (χ2v) is 9.35. The van der Waals surface area contributed by atoms with E-state index in [4.69, 9.17) is 4.74 Å².